The van der Waals surface area contributed by atoms with Gasteiger partial charge in [-0.15, -0.1) is 0 Å². The molecule has 0 saturated heterocycles. The monoisotopic (exact) mass is 266 g/mol. The quantitative estimate of drug-likeness (QED) is 0.769. The first-order valence-electron chi connectivity index (χ1n) is 7.54. The lowest BCUT2D eigenvalue weighted by molar-refractivity contribution is -0.00448. The molecule has 4 nitrogen and oxygen atoms in total. The number of nitrogens with zero attached hydrogens (tertiary/aromatic N) is 1. The van der Waals surface area contributed by atoms with E-state index in [0.29, 0.717) is 12.7 Å². The molecule has 1 aromatic heterocycles. The summed E-state index contributed by atoms with van der Waals surface area (Å²) in [7, 11) is 0. The Kier molecular flexibility index (Phi) is 5.86. The summed E-state index contributed by atoms with van der Waals surface area (Å²) < 4.78 is 11.2. The Balaban J connectivity index is 1.70. The molecule has 4 heteroatoms. The first-order chi connectivity index (χ1) is 9.28. The van der Waals surface area contributed by atoms with Crippen LogP contribution in [-0.4, -0.2) is 17.8 Å². The summed E-state index contributed by atoms with van der Waals surface area (Å²) in [4.78, 5) is 0. The second-order valence-electron chi connectivity index (χ2n) is 5.67. The summed E-state index contributed by atoms with van der Waals surface area (Å²) in [5.41, 5.74) is 0.962. The van der Waals surface area contributed by atoms with Gasteiger partial charge in [0.05, 0.1) is 11.8 Å². The van der Waals surface area contributed by atoms with Crippen molar-refractivity contribution in [3.05, 3.63) is 17.5 Å². The first kappa shape index (κ1) is 14.5. The van der Waals surface area contributed by atoms with E-state index < -0.39 is 0 Å². The largest absolute Gasteiger partial charge is 0.370 e. The molecule has 1 heterocycles. The third-order valence-corrected chi connectivity index (χ3v) is 3.69. The van der Waals surface area contributed by atoms with Crippen LogP contribution in [0.1, 0.15) is 57.4 Å². The molecule has 2 unspecified atom stereocenters. The Morgan fingerprint density at radius 3 is 3.16 bits per heavy atom. The van der Waals surface area contributed by atoms with Crippen LogP contribution in [0.15, 0.2) is 10.6 Å². The van der Waals surface area contributed by atoms with Gasteiger partial charge in [-0.1, -0.05) is 31.8 Å². The first-order valence-corrected chi connectivity index (χ1v) is 7.54. The molecule has 1 aliphatic rings. The van der Waals surface area contributed by atoms with E-state index in [9.17, 15) is 0 Å². The minimum absolute atomic E-state index is 0.399. The van der Waals surface area contributed by atoms with Crippen LogP contribution in [0.2, 0.25) is 0 Å². The van der Waals surface area contributed by atoms with Gasteiger partial charge >= 0.3 is 0 Å². The zero-order chi connectivity index (χ0) is 13.5. The van der Waals surface area contributed by atoms with Crippen LogP contribution in [0.4, 0.5) is 0 Å². The molecule has 0 bridgehead atoms. The Morgan fingerprint density at radius 1 is 1.47 bits per heavy atom. The Morgan fingerprint density at radius 2 is 2.37 bits per heavy atom. The van der Waals surface area contributed by atoms with Crippen molar-refractivity contribution in [2.24, 2.45) is 5.92 Å². The molecule has 0 spiro atoms. The topological polar surface area (TPSA) is 47.3 Å². The lowest BCUT2D eigenvalue weighted by atomic mass is 9.89. The van der Waals surface area contributed by atoms with E-state index in [1.165, 1.54) is 25.7 Å². The molecule has 108 valence electrons. The van der Waals surface area contributed by atoms with Crippen LogP contribution in [0, 0.1) is 5.92 Å². The van der Waals surface area contributed by atoms with Gasteiger partial charge in [-0.05, 0) is 31.7 Å². The fourth-order valence-corrected chi connectivity index (χ4v) is 2.63. The number of hydrogen-bond acceptors (Lipinski definition) is 4. The summed E-state index contributed by atoms with van der Waals surface area (Å²) >= 11 is 0. The summed E-state index contributed by atoms with van der Waals surface area (Å²) in [5.74, 6) is 1.63. The zero-order valence-electron chi connectivity index (χ0n) is 12.2. The van der Waals surface area contributed by atoms with Gasteiger partial charge in [0.25, 0.3) is 0 Å². The molecule has 0 radical (unpaired) electrons. The standard InChI is InChI=1S/C15H26N2O2/c1-3-7-16-10-13-9-15(19-17-13)11-18-14-6-4-5-12(2)8-14/h9,12,14,16H,3-8,10-11H2,1-2H3. The number of nitrogens with one attached hydrogen (secondary N) is 1. The van der Waals surface area contributed by atoms with Gasteiger partial charge in [-0.25, -0.2) is 0 Å². The molecular weight excluding hydrogens is 240 g/mol. The third-order valence-electron chi connectivity index (χ3n) is 3.69. The molecule has 1 saturated carbocycles. The third kappa shape index (κ3) is 4.96. The van der Waals surface area contributed by atoms with Crippen LogP contribution in [0.3, 0.4) is 0 Å². The maximum Gasteiger partial charge on any atom is 0.162 e. The predicted octanol–water partition coefficient (Wildman–Crippen LogP) is 3.27. The average Bonchev–Trinajstić information content (AvgIpc) is 2.85. The summed E-state index contributed by atoms with van der Waals surface area (Å²) in [6.07, 6.45) is 6.52. The molecule has 2 atom stereocenters. The van der Waals surface area contributed by atoms with Crippen molar-refractivity contribution in [3.8, 4) is 0 Å². The maximum absolute atomic E-state index is 5.92. The van der Waals surface area contributed by atoms with Crippen molar-refractivity contribution in [2.75, 3.05) is 6.54 Å². The lowest BCUT2D eigenvalue weighted by Gasteiger charge is -2.26. The van der Waals surface area contributed by atoms with E-state index in [1.807, 2.05) is 6.07 Å². The molecule has 0 aliphatic heterocycles. The second kappa shape index (κ2) is 7.65. The van der Waals surface area contributed by atoms with Gasteiger partial charge in [0.1, 0.15) is 6.61 Å². The highest BCUT2D eigenvalue weighted by Gasteiger charge is 2.19. The molecular formula is C15H26N2O2. The number of hydrogen-bond donors (Lipinski definition) is 1. The smallest absolute Gasteiger partial charge is 0.162 e. The Hall–Kier alpha value is -0.870. The van der Waals surface area contributed by atoms with E-state index in [-0.39, 0.29) is 0 Å². The zero-order valence-corrected chi connectivity index (χ0v) is 12.2. The fourth-order valence-electron chi connectivity index (χ4n) is 2.63. The van der Waals surface area contributed by atoms with Gasteiger partial charge in [0, 0.05) is 12.6 Å². The van der Waals surface area contributed by atoms with Crippen molar-refractivity contribution in [2.45, 2.75) is 65.2 Å². The summed E-state index contributed by atoms with van der Waals surface area (Å²) in [6, 6.07) is 1.99. The Bertz CT molecular complexity index is 365. The second-order valence-corrected chi connectivity index (χ2v) is 5.67. The van der Waals surface area contributed by atoms with Crippen molar-refractivity contribution in [3.63, 3.8) is 0 Å². The molecule has 1 fully saturated rings. The van der Waals surface area contributed by atoms with Gasteiger partial charge in [-0.3, -0.25) is 0 Å². The van der Waals surface area contributed by atoms with Crippen molar-refractivity contribution in [1.82, 2.24) is 10.5 Å². The van der Waals surface area contributed by atoms with Gasteiger partial charge in [0.2, 0.25) is 0 Å². The maximum atomic E-state index is 5.92. The number of ether oxygens (including phenoxy) is 1. The van der Waals surface area contributed by atoms with E-state index in [2.05, 4.69) is 24.3 Å². The highest BCUT2D eigenvalue weighted by molar-refractivity contribution is 5.04. The number of aromatic nitrogens is 1. The van der Waals surface area contributed by atoms with Crippen molar-refractivity contribution < 1.29 is 9.26 Å². The predicted molar refractivity (Wildman–Crippen MR) is 74.7 cm³/mol. The minimum atomic E-state index is 0.399. The molecule has 2 rings (SSSR count). The molecule has 1 aromatic rings. The molecule has 1 N–H and O–H groups in total. The highest BCUT2D eigenvalue weighted by Crippen LogP contribution is 2.26. The van der Waals surface area contributed by atoms with Crippen LogP contribution < -0.4 is 5.32 Å². The normalized spacial score (nSPS) is 23.7. The van der Waals surface area contributed by atoms with Gasteiger partial charge in [0.15, 0.2) is 5.76 Å². The highest BCUT2D eigenvalue weighted by atomic mass is 16.5. The van der Waals surface area contributed by atoms with Gasteiger partial charge in [-0.2, -0.15) is 0 Å². The van der Waals surface area contributed by atoms with Crippen LogP contribution >= 0.6 is 0 Å². The number of rotatable bonds is 7. The molecule has 1 aliphatic carbocycles. The van der Waals surface area contributed by atoms with Crippen LogP contribution in [0.25, 0.3) is 0 Å². The van der Waals surface area contributed by atoms with E-state index in [4.69, 9.17) is 9.26 Å². The summed E-state index contributed by atoms with van der Waals surface area (Å²) in [5, 5.41) is 7.36. The van der Waals surface area contributed by atoms with Crippen LogP contribution in [-0.2, 0) is 17.9 Å². The molecule has 19 heavy (non-hydrogen) atoms. The van der Waals surface area contributed by atoms with E-state index >= 15 is 0 Å². The van der Waals surface area contributed by atoms with E-state index in [0.717, 1.165) is 36.9 Å². The van der Waals surface area contributed by atoms with Crippen LogP contribution in [0.5, 0.6) is 0 Å². The molecule has 0 aromatic carbocycles. The summed E-state index contributed by atoms with van der Waals surface area (Å²) in [6.45, 7) is 6.80. The van der Waals surface area contributed by atoms with Crippen molar-refractivity contribution in [1.29, 1.82) is 0 Å². The van der Waals surface area contributed by atoms with Crippen molar-refractivity contribution >= 4 is 0 Å². The fraction of sp³-hybridized carbons (Fsp3) is 0.800. The van der Waals surface area contributed by atoms with Gasteiger partial charge < -0.3 is 14.6 Å². The SMILES string of the molecule is CCCNCc1cc(COC2CCCC(C)C2)on1. The Labute approximate surface area is 115 Å². The average molecular weight is 266 g/mol. The van der Waals surface area contributed by atoms with E-state index in [1.54, 1.807) is 0 Å². The molecule has 0 amide bonds. The lowest BCUT2D eigenvalue weighted by Crippen LogP contribution is -2.21. The minimum Gasteiger partial charge on any atom is -0.370 e.